The standard InChI is InChI=1S/C10H16N2O/c1-3-11-8-6-9-10(13-2)5-4-7-12-9/h4-5,7,11H,3,6,8H2,1-2H3. The molecule has 1 heterocycles. The van der Waals surface area contributed by atoms with Gasteiger partial charge in [0, 0.05) is 19.2 Å². The molecule has 72 valence electrons. The van der Waals surface area contributed by atoms with E-state index in [-0.39, 0.29) is 0 Å². The number of hydrogen-bond donors (Lipinski definition) is 1. The van der Waals surface area contributed by atoms with E-state index in [4.69, 9.17) is 4.74 Å². The zero-order valence-corrected chi connectivity index (χ0v) is 8.21. The van der Waals surface area contributed by atoms with Crippen molar-refractivity contribution in [3.05, 3.63) is 24.0 Å². The van der Waals surface area contributed by atoms with Crippen LogP contribution >= 0.6 is 0 Å². The van der Waals surface area contributed by atoms with Crippen molar-refractivity contribution in [3.8, 4) is 5.75 Å². The van der Waals surface area contributed by atoms with E-state index in [0.717, 1.165) is 31.0 Å². The summed E-state index contributed by atoms with van der Waals surface area (Å²) in [4.78, 5) is 4.26. The first kappa shape index (κ1) is 9.99. The van der Waals surface area contributed by atoms with Crippen molar-refractivity contribution in [2.24, 2.45) is 0 Å². The van der Waals surface area contributed by atoms with Gasteiger partial charge in [-0.3, -0.25) is 4.98 Å². The van der Waals surface area contributed by atoms with Gasteiger partial charge in [-0.25, -0.2) is 0 Å². The summed E-state index contributed by atoms with van der Waals surface area (Å²) in [5, 5.41) is 3.25. The molecule has 0 fully saturated rings. The van der Waals surface area contributed by atoms with Gasteiger partial charge >= 0.3 is 0 Å². The van der Waals surface area contributed by atoms with Crippen LogP contribution < -0.4 is 10.1 Å². The first-order valence-electron chi connectivity index (χ1n) is 4.57. The van der Waals surface area contributed by atoms with E-state index in [2.05, 4.69) is 17.2 Å². The highest BCUT2D eigenvalue weighted by atomic mass is 16.5. The smallest absolute Gasteiger partial charge is 0.140 e. The second-order valence-corrected chi connectivity index (χ2v) is 2.76. The van der Waals surface area contributed by atoms with Crippen LogP contribution in [0.5, 0.6) is 5.75 Å². The first-order chi connectivity index (χ1) is 6.38. The van der Waals surface area contributed by atoms with Crippen LogP contribution in [0.25, 0.3) is 0 Å². The molecule has 0 aliphatic heterocycles. The number of pyridine rings is 1. The molecule has 0 unspecified atom stereocenters. The van der Waals surface area contributed by atoms with Gasteiger partial charge < -0.3 is 10.1 Å². The first-order valence-corrected chi connectivity index (χ1v) is 4.57. The summed E-state index contributed by atoms with van der Waals surface area (Å²) >= 11 is 0. The number of nitrogens with zero attached hydrogens (tertiary/aromatic N) is 1. The molecule has 0 spiro atoms. The van der Waals surface area contributed by atoms with Crippen LogP contribution in [0.3, 0.4) is 0 Å². The highest BCUT2D eigenvalue weighted by molar-refractivity contribution is 5.26. The maximum atomic E-state index is 5.19. The predicted molar refractivity (Wildman–Crippen MR) is 53.0 cm³/mol. The Morgan fingerprint density at radius 3 is 3.08 bits per heavy atom. The van der Waals surface area contributed by atoms with Crippen LogP contribution in [-0.4, -0.2) is 25.2 Å². The van der Waals surface area contributed by atoms with Crippen molar-refractivity contribution >= 4 is 0 Å². The summed E-state index contributed by atoms with van der Waals surface area (Å²) in [6, 6.07) is 3.82. The Bertz CT molecular complexity index is 250. The Morgan fingerprint density at radius 1 is 1.54 bits per heavy atom. The lowest BCUT2D eigenvalue weighted by molar-refractivity contribution is 0.406. The number of nitrogens with one attached hydrogen (secondary N) is 1. The SMILES string of the molecule is CCNCCc1ncccc1OC. The molecule has 0 aliphatic rings. The van der Waals surface area contributed by atoms with Crippen molar-refractivity contribution in [1.29, 1.82) is 0 Å². The van der Waals surface area contributed by atoms with E-state index in [1.165, 1.54) is 0 Å². The van der Waals surface area contributed by atoms with Gasteiger partial charge in [0.2, 0.25) is 0 Å². The molecular formula is C10H16N2O. The van der Waals surface area contributed by atoms with Crippen LogP contribution in [0.2, 0.25) is 0 Å². The number of methoxy groups -OCH3 is 1. The van der Waals surface area contributed by atoms with Crippen molar-refractivity contribution in [1.82, 2.24) is 10.3 Å². The molecule has 0 aliphatic carbocycles. The minimum Gasteiger partial charge on any atom is -0.495 e. The van der Waals surface area contributed by atoms with E-state index in [1.54, 1.807) is 13.3 Å². The fourth-order valence-corrected chi connectivity index (χ4v) is 1.18. The van der Waals surface area contributed by atoms with Crippen LogP contribution in [0.1, 0.15) is 12.6 Å². The van der Waals surface area contributed by atoms with E-state index >= 15 is 0 Å². The minimum atomic E-state index is 0.875. The molecule has 0 saturated heterocycles. The maximum absolute atomic E-state index is 5.19. The Labute approximate surface area is 79.1 Å². The maximum Gasteiger partial charge on any atom is 0.140 e. The Kier molecular flexibility index (Phi) is 4.26. The summed E-state index contributed by atoms with van der Waals surface area (Å²) in [7, 11) is 1.67. The molecule has 1 aromatic rings. The van der Waals surface area contributed by atoms with Gasteiger partial charge in [-0.15, -0.1) is 0 Å². The Balaban J connectivity index is 2.54. The average Bonchev–Trinajstić information content (AvgIpc) is 2.19. The average molecular weight is 180 g/mol. The Morgan fingerprint density at radius 2 is 2.38 bits per heavy atom. The molecule has 0 radical (unpaired) electrons. The molecule has 3 heteroatoms. The normalized spacial score (nSPS) is 10.0. The highest BCUT2D eigenvalue weighted by Crippen LogP contribution is 2.14. The number of ether oxygens (including phenoxy) is 1. The molecule has 1 rings (SSSR count). The topological polar surface area (TPSA) is 34.2 Å². The second kappa shape index (κ2) is 5.54. The highest BCUT2D eigenvalue weighted by Gasteiger charge is 2.01. The van der Waals surface area contributed by atoms with E-state index in [1.807, 2.05) is 12.1 Å². The van der Waals surface area contributed by atoms with Crippen LogP contribution in [0.4, 0.5) is 0 Å². The molecule has 1 aromatic heterocycles. The largest absolute Gasteiger partial charge is 0.495 e. The minimum absolute atomic E-state index is 0.875. The summed E-state index contributed by atoms with van der Waals surface area (Å²) in [5.41, 5.74) is 1.02. The zero-order chi connectivity index (χ0) is 9.52. The summed E-state index contributed by atoms with van der Waals surface area (Å²) in [6.07, 6.45) is 2.71. The van der Waals surface area contributed by atoms with Gasteiger partial charge in [0.25, 0.3) is 0 Å². The van der Waals surface area contributed by atoms with Crippen molar-refractivity contribution < 1.29 is 4.74 Å². The fourth-order valence-electron chi connectivity index (χ4n) is 1.18. The lowest BCUT2D eigenvalue weighted by atomic mass is 10.2. The third-order valence-corrected chi connectivity index (χ3v) is 1.86. The molecule has 0 aromatic carbocycles. The Hall–Kier alpha value is -1.09. The molecule has 0 amide bonds. The second-order valence-electron chi connectivity index (χ2n) is 2.76. The molecular weight excluding hydrogens is 164 g/mol. The van der Waals surface area contributed by atoms with Gasteiger partial charge in [0.15, 0.2) is 0 Å². The summed E-state index contributed by atoms with van der Waals surface area (Å²) in [6.45, 7) is 4.04. The molecule has 0 saturated carbocycles. The number of likely N-dealkylation sites (N-methyl/N-ethyl adjacent to an activating group) is 1. The van der Waals surface area contributed by atoms with Crippen molar-refractivity contribution in [2.75, 3.05) is 20.2 Å². The summed E-state index contributed by atoms with van der Waals surface area (Å²) in [5.74, 6) is 0.875. The number of rotatable bonds is 5. The fraction of sp³-hybridized carbons (Fsp3) is 0.500. The van der Waals surface area contributed by atoms with Crippen LogP contribution in [-0.2, 0) is 6.42 Å². The van der Waals surface area contributed by atoms with Crippen molar-refractivity contribution in [2.45, 2.75) is 13.3 Å². The van der Waals surface area contributed by atoms with E-state index in [0.29, 0.717) is 0 Å². The third kappa shape index (κ3) is 3.03. The monoisotopic (exact) mass is 180 g/mol. The van der Waals surface area contributed by atoms with Gasteiger partial charge in [0.05, 0.1) is 12.8 Å². The van der Waals surface area contributed by atoms with Gasteiger partial charge in [-0.05, 0) is 18.7 Å². The van der Waals surface area contributed by atoms with Crippen LogP contribution in [0, 0.1) is 0 Å². The van der Waals surface area contributed by atoms with Gasteiger partial charge in [-0.2, -0.15) is 0 Å². The van der Waals surface area contributed by atoms with Gasteiger partial charge in [-0.1, -0.05) is 6.92 Å². The number of hydrogen-bond acceptors (Lipinski definition) is 3. The van der Waals surface area contributed by atoms with Gasteiger partial charge in [0.1, 0.15) is 5.75 Å². The molecule has 0 atom stereocenters. The lowest BCUT2D eigenvalue weighted by Gasteiger charge is -2.06. The number of aromatic nitrogens is 1. The zero-order valence-electron chi connectivity index (χ0n) is 8.21. The molecule has 0 bridgehead atoms. The molecule has 3 nitrogen and oxygen atoms in total. The van der Waals surface area contributed by atoms with E-state index < -0.39 is 0 Å². The third-order valence-electron chi connectivity index (χ3n) is 1.86. The summed E-state index contributed by atoms with van der Waals surface area (Å²) < 4.78 is 5.19. The molecule has 1 N–H and O–H groups in total. The quantitative estimate of drug-likeness (QED) is 0.692. The molecule has 13 heavy (non-hydrogen) atoms. The van der Waals surface area contributed by atoms with E-state index in [9.17, 15) is 0 Å². The lowest BCUT2D eigenvalue weighted by Crippen LogP contribution is -2.16. The van der Waals surface area contributed by atoms with Crippen LogP contribution in [0.15, 0.2) is 18.3 Å². The predicted octanol–water partition coefficient (Wildman–Crippen LogP) is 1.24. The van der Waals surface area contributed by atoms with Crippen molar-refractivity contribution in [3.63, 3.8) is 0 Å².